The van der Waals surface area contributed by atoms with Crippen molar-refractivity contribution in [3.63, 3.8) is 0 Å². The van der Waals surface area contributed by atoms with Gasteiger partial charge in [0.25, 0.3) is 5.91 Å². The number of urea groups is 2. The zero-order valence-electron chi connectivity index (χ0n) is 14.7. The highest BCUT2D eigenvalue weighted by atomic mass is 32.2. The van der Waals surface area contributed by atoms with Gasteiger partial charge in [-0.3, -0.25) is 9.35 Å². The highest BCUT2D eigenvalue weighted by Gasteiger charge is 2.60. The van der Waals surface area contributed by atoms with Crippen LogP contribution in [0, 0.1) is 0 Å². The van der Waals surface area contributed by atoms with E-state index in [1.54, 1.807) is 24.3 Å². The molecular formula is C15H20N6O6S. The van der Waals surface area contributed by atoms with Crippen LogP contribution >= 0.6 is 0 Å². The van der Waals surface area contributed by atoms with Crippen molar-refractivity contribution in [3.05, 3.63) is 24.3 Å². The van der Waals surface area contributed by atoms with Crippen LogP contribution < -0.4 is 21.7 Å². The molecule has 2 saturated heterocycles. The summed E-state index contributed by atoms with van der Waals surface area (Å²) in [5.41, 5.74) is 6.23. The van der Waals surface area contributed by atoms with E-state index in [4.69, 9.17) is 10.3 Å². The van der Waals surface area contributed by atoms with Crippen molar-refractivity contribution >= 4 is 39.6 Å². The van der Waals surface area contributed by atoms with Gasteiger partial charge >= 0.3 is 22.4 Å². The Labute approximate surface area is 160 Å². The van der Waals surface area contributed by atoms with E-state index in [1.807, 2.05) is 0 Å². The number of carbonyl (C=O) groups excluding carboxylic acids is 3. The predicted octanol–water partition coefficient (Wildman–Crippen LogP) is -0.613. The van der Waals surface area contributed by atoms with Crippen LogP contribution in [0.1, 0.15) is 6.42 Å². The number of likely N-dealkylation sites (tertiary alicyclic amines) is 1. The summed E-state index contributed by atoms with van der Waals surface area (Å²) >= 11 is 0. The second-order valence-corrected chi connectivity index (χ2v) is 7.57. The first-order valence-electron chi connectivity index (χ1n) is 8.45. The molecule has 6 N–H and O–H groups in total. The van der Waals surface area contributed by atoms with E-state index in [1.165, 1.54) is 4.90 Å². The number of β-lactam (4-membered cyclic amide) rings is 1. The maximum Gasteiger partial charge on any atom is 0.362 e. The first-order valence-corrected chi connectivity index (χ1v) is 9.85. The van der Waals surface area contributed by atoms with E-state index in [0.29, 0.717) is 28.8 Å². The van der Waals surface area contributed by atoms with E-state index in [-0.39, 0.29) is 13.0 Å². The van der Waals surface area contributed by atoms with Gasteiger partial charge in [-0.2, -0.15) is 8.42 Å². The molecule has 0 aliphatic carbocycles. The molecule has 1 aromatic rings. The summed E-state index contributed by atoms with van der Waals surface area (Å²) in [6.45, 7) is 0.840. The summed E-state index contributed by atoms with van der Waals surface area (Å²) in [7, 11) is -4.62. The van der Waals surface area contributed by atoms with Crippen LogP contribution in [0.4, 0.5) is 21.0 Å². The number of carbonyl (C=O) groups is 3. The van der Waals surface area contributed by atoms with E-state index in [0.717, 1.165) is 0 Å². The standard InChI is InChI=1S/C15H20N6O6S/c16-6-7-17-14(23)18-9-1-3-10(4-2-9)19-15(24)20-8-5-11-12(20)13(22)21(11)28(25,26)27/h1-4,11-12H,5-8,16H2,(H,19,24)(H2,17,18,23)(H,25,26,27). The minimum absolute atomic E-state index is 0.180. The summed E-state index contributed by atoms with van der Waals surface area (Å²) in [4.78, 5) is 37.2. The molecule has 0 bridgehead atoms. The van der Waals surface area contributed by atoms with Crippen molar-refractivity contribution in [2.24, 2.45) is 5.73 Å². The van der Waals surface area contributed by atoms with Gasteiger partial charge in [-0.05, 0) is 30.7 Å². The minimum Gasteiger partial charge on any atom is -0.337 e. The van der Waals surface area contributed by atoms with Crippen LogP contribution in [-0.4, -0.2) is 71.9 Å². The molecule has 5 amide bonds. The fourth-order valence-electron chi connectivity index (χ4n) is 3.24. The summed E-state index contributed by atoms with van der Waals surface area (Å²) < 4.78 is 31.9. The molecule has 2 fully saturated rings. The number of hydrogen-bond donors (Lipinski definition) is 5. The lowest BCUT2D eigenvalue weighted by molar-refractivity contribution is -0.143. The monoisotopic (exact) mass is 412 g/mol. The van der Waals surface area contributed by atoms with Crippen LogP contribution in [0.15, 0.2) is 24.3 Å². The van der Waals surface area contributed by atoms with Gasteiger partial charge in [0.05, 0.1) is 6.04 Å². The first-order chi connectivity index (χ1) is 13.2. The number of nitrogens with one attached hydrogen (secondary N) is 3. The van der Waals surface area contributed by atoms with E-state index in [9.17, 15) is 22.8 Å². The molecule has 152 valence electrons. The minimum atomic E-state index is -4.62. The molecule has 13 heteroatoms. The third kappa shape index (κ3) is 3.85. The molecule has 2 unspecified atom stereocenters. The molecule has 0 aromatic heterocycles. The van der Waals surface area contributed by atoms with Crippen molar-refractivity contribution in [2.45, 2.75) is 18.5 Å². The lowest BCUT2D eigenvalue weighted by Crippen LogP contribution is -2.68. The Balaban J connectivity index is 1.57. The third-order valence-electron chi connectivity index (χ3n) is 4.47. The van der Waals surface area contributed by atoms with Gasteiger partial charge in [-0.1, -0.05) is 0 Å². The van der Waals surface area contributed by atoms with Crippen LogP contribution in [0.3, 0.4) is 0 Å². The topological polar surface area (TPSA) is 174 Å². The molecule has 12 nitrogen and oxygen atoms in total. The number of rotatable bonds is 5. The quantitative estimate of drug-likeness (QED) is 0.316. The van der Waals surface area contributed by atoms with Crippen molar-refractivity contribution in [3.8, 4) is 0 Å². The number of fused-ring (bicyclic) bond motifs is 1. The number of anilines is 2. The zero-order valence-corrected chi connectivity index (χ0v) is 15.5. The number of nitrogens with zero attached hydrogens (tertiary/aromatic N) is 2. The summed E-state index contributed by atoms with van der Waals surface area (Å²) in [6.07, 6.45) is 0.254. The van der Waals surface area contributed by atoms with Gasteiger partial charge in [-0.15, -0.1) is 0 Å². The molecule has 1 aromatic carbocycles. The molecule has 3 rings (SSSR count). The van der Waals surface area contributed by atoms with Crippen molar-refractivity contribution < 1.29 is 27.4 Å². The van der Waals surface area contributed by atoms with Gasteiger partial charge in [0.15, 0.2) is 0 Å². The van der Waals surface area contributed by atoms with Crippen LogP contribution in [0.25, 0.3) is 0 Å². The Hall–Kier alpha value is -2.90. The molecule has 2 atom stereocenters. The maximum atomic E-state index is 12.4. The lowest BCUT2D eigenvalue weighted by atomic mass is 10.0. The molecule has 2 aliphatic heterocycles. The fourth-order valence-corrected chi connectivity index (χ4v) is 4.14. The molecule has 2 heterocycles. The van der Waals surface area contributed by atoms with Gasteiger partial charge in [-0.25, -0.2) is 13.9 Å². The highest BCUT2D eigenvalue weighted by Crippen LogP contribution is 2.35. The Morgan fingerprint density at radius 3 is 2.36 bits per heavy atom. The molecular weight excluding hydrogens is 392 g/mol. The van der Waals surface area contributed by atoms with E-state index in [2.05, 4.69) is 16.0 Å². The predicted molar refractivity (Wildman–Crippen MR) is 98.8 cm³/mol. The van der Waals surface area contributed by atoms with Gasteiger partial charge in [0, 0.05) is 31.0 Å². The summed E-state index contributed by atoms with van der Waals surface area (Å²) in [5.74, 6) is -0.830. The molecule has 2 aliphatic rings. The fraction of sp³-hybridized carbons (Fsp3) is 0.400. The van der Waals surface area contributed by atoms with E-state index < -0.39 is 40.4 Å². The molecule has 0 spiro atoms. The van der Waals surface area contributed by atoms with Crippen LogP contribution in [-0.2, 0) is 15.1 Å². The second-order valence-electron chi connectivity index (χ2n) is 6.28. The average Bonchev–Trinajstić information content (AvgIpc) is 2.99. The van der Waals surface area contributed by atoms with Crippen LogP contribution in [0.5, 0.6) is 0 Å². The van der Waals surface area contributed by atoms with Crippen LogP contribution in [0.2, 0.25) is 0 Å². The average molecular weight is 412 g/mol. The second kappa shape index (κ2) is 7.61. The molecule has 0 saturated carbocycles. The number of amides is 5. The summed E-state index contributed by atoms with van der Waals surface area (Å²) in [6, 6.07) is 3.68. The Morgan fingerprint density at radius 2 is 1.79 bits per heavy atom. The maximum absolute atomic E-state index is 12.4. The van der Waals surface area contributed by atoms with Crippen molar-refractivity contribution in [2.75, 3.05) is 30.3 Å². The first kappa shape index (κ1) is 19.9. The normalized spacial score (nSPS) is 21.0. The van der Waals surface area contributed by atoms with Gasteiger partial charge in [0.1, 0.15) is 6.04 Å². The molecule has 0 radical (unpaired) electrons. The number of nitrogens with two attached hydrogens (primary N) is 1. The molecule has 28 heavy (non-hydrogen) atoms. The zero-order chi connectivity index (χ0) is 20.5. The SMILES string of the molecule is NCCNC(=O)Nc1ccc(NC(=O)N2CCC3C2C(=O)N3S(=O)(=O)O)cc1. The van der Waals surface area contributed by atoms with Crippen molar-refractivity contribution in [1.29, 1.82) is 0 Å². The lowest BCUT2D eigenvalue weighted by Gasteiger charge is -2.42. The Kier molecular flexibility index (Phi) is 5.40. The smallest absolute Gasteiger partial charge is 0.337 e. The third-order valence-corrected chi connectivity index (χ3v) is 5.42. The Bertz CT molecular complexity index is 889. The highest BCUT2D eigenvalue weighted by molar-refractivity contribution is 7.84. The van der Waals surface area contributed by atoms with Crippen molar-refractivity contribution in [1.82, 2.24) is 14.5 Å². The van der Waals surface area contributed by atoms with Gasteiger partial charge < -0.3 is 26.6 Å². The van der Waals surface area contributed by atoms with E-state index >= 15 is 0 Å². The largest absolute Gasteiger partial charge is 0.362 e. The Morgan fingerprint density at radius 1 is 1.18 bits per heavy atom. The van der Waals surface area contributed by atoms with Gasteiger partial charge in [0.2, 0.25) is 0 Å². The number of benzene rings is 1. The summed E-state index contributed by atoms with van der Waals surface area (Å²) in [5, 5.41) is 7.77. The number of hydrogen-bond acceptors (Lipinski definition) is 6.